The zero-order chi connectivity index (χ0) is 14.7. The zero-order valence-corrected chi connectivity index (χ0v) is 11.3. The van der Waals surface area contributed by atoms with Crippen molar-refractivity contribution in [2.24, 2.45) is 0 Å². The maximum absolute atomic E-state index is 11.0. The number of hydrogen-bond donors (Lipinski definition) is 1. The topological polar surface area (TPSA) is 72.6 Å². The van der Waals surface area contributed by atoms with Crippen LogP contribution in [0.5, 0.6) is 11.5 Å². The maximum Gasteiger partial charge on any atom is 0.311 e. The number of ether oxygens (including phenoxy) is 1. The Morgan fingerprint density at radius 1 is 1.15 bits per heavy atom. The number of nitrogens with zero attached hydrogens (tertiary/aromatic N) is 1. The molecular weight excluding hydrogens is 258 g/mol. The van der Waals surface area contributed by atoms with Crippen LogP contribution in [-0.4, -0.2) is 10.0 Å². The van der Waals surface area contributed by atoms with E-state index in [4.69, 9.17) is 9.84 Å². The molecular formula is C15H15NO4. The van der Waals surface area contributed by atoms with Crippen molar-refractivity contribution >= 4 is 5.69 Å². The van der Waals surface area contributed by atoms with Crippen molar-refractivity contribution in [3.63, 3.8) is 0 Å². The van der Waals surface area contributed by atoms with Gasteiger partial charge in [0.05, 0.1) is 11.5 Å². The Morgan fingerprint density at radius 2 is 1.85 bits per heavy atom. The summed E-state index contributed by atoms with van der Waals surface area (Å²) in [5, 5.41) is 20.1. The summed E-state index contributed by atoms with van der Waals surface area (Å²) in [6.07, 6.45) is 0. The third-order valence-corrected chi connectivity index (χ3v) is 2.95. The minimum atomic E-state index is -0.459. The normalized spacial score (nSPS) is 10.3. The second-order valence-electron chi connectivity index (χ2n) is 4.59. The van der Waals surface area contributed by atoms with Gasteiger partial charge in [0.2, 0.25) is 5.75 Å². The lowest BCUT2D eigenvalue weighted by molar-refractivity contribution is -0.385. The molecule has 0 saturated carbocycles. The lowest BCUT2D eigenvalue weighted by Gasteiger charge is -2.10. The summed E-state index contributed by atoms with van der Waals surface area (Å²) in [5.41, 5.74) is 2.33. The highest BCUT2D eigenvalue weighted by Crippen LogP contribution is 2.33. The van der Waals surface area contributed by atoms with Crippen molar-refractivity contribution in [1.29, 1.82) is 0 Å². The van der Waals surface area contributed by atoms with E-state index < -0.39 is 4.92 Å². The first-order chi connectivity index (χ1) is 9.51. The molecule has 5 heteroatoms. The molecule has 5 nitrogen and oxygen atoms in total. The van der Waals surface area contributed by atoms with Gasteiger partial charge in [0, 0.05) is 6.07 Å². The van der Waals surface area contributed by atoms with E-state index in [9.17, 15) is 10.1 Å². The molecule has 0 unspecified atom stereocenters. The molecule has 0 atom stereocenters. The summed E-state index contributed by atoms with van der Waals surface area (Å²) in [6.45, 7) is 3.57. The van der Waals surface area contributed by atoms with Crippen LogP contribution in [0.25, 0.3) is 0 Å². The van der Waals surface area contributed by atoms with Gasteiger partial charge in [-0.1, -0.05) is 18.2 Å². The first kappa shape index (κ1) is 14.0. The highest BCUT2D eigenvalue weighted by atomic mass is 16.6. The molecule has 2 aromatic rings. The van der Waals surface area contributed by atoms with Crippen LogP contribution in [0.4, 0.5) is 5.69 Å². The van der Waals surface area contributed by atoms with E-state index >= 15 is 0 Å². The minimum absolute atomic E-state index is 0.0498. The molecule has 0 aromatic heterocycles. The SMILES string of the molecule is Cc1ccc(Oc2ccc(CO)cc2C)c([N+](=O)[O-])c1. The Kier molecular flexibility index (Phi) is 4.00. The van der Waals surface area contributed by atoms with E-state index in [1.165, 1.54) is 6.07 Å². The Labute approximate surface area is 116 Å². The fraction of sp³-hybridized carbons (Fsp3) is 0.200. The van der Waals surface area contributed by atoms with Crippen LogP contribution in [0.15, 0.2) is 36.4 Å². The van der Waals surface area contributed by atoms with Crippen molar-refractivity contribution in [3.05, 3.63) is 63.2 Å². The molecule has 2 rings (SSSR count). The van der Waals surface area contributed by atoms with E-state index in [-0.39, 0.29) is 18.0 Å². The second kappa shape index (κ2) is 5.71. The summed E-state index contributed by atoms with van der Waals surface area (Å²) in [6, 6.07) is 10.0. The maximum atomic E-state index is 11.0. The number of aliphatic hydroxyl groups excluding tert-OH is 1. The number of aryl methyl sites for hydroxylation is 2. The molecule has 104 valence electrons. The molecule has 0 aliphatic rings. The summed E-state index contributed by atoms with van der Waals surface area (Å²) in [7, 11) is 0. The highest BCUT2D eigenvalue weighted by molar-refractivity contribution is 5.51. The minimum Gasteiger partial charge on any atom is -0.450 e. The van der Waals surface area contributed by atoms with E-state index in [0.29, 0.717) is 5.75 Å². The van der Waals surface area contributed by atoms with Gasteiger partial charge >= 0.3 is 5.69 Å². The molecule has 0 saturated heterocycles. The van der Waals surface area contributed by atoms with E-state index in [0.717, 1.165) is 16.7 Å². The van der Waals surface area contributed by atoms with Crippen molar-refractivity contribution in [2.45, 2.75) is 20.5 Å². The summed E-state index contributed by atoms with van der Waals surface area (Å²) in [5.74, 6) is 0.745. The average Bonchev–Trinajstić information content (AvgIpc) is 2.42. The lowest BCUT2D eigenvalue weighted by Crippen LogP contribution is -1.96. The third kappa shape index (κ3) is 2.95. The van der Waals surface area contributed by atoms with Gasteiger partial charge in [-0.05, 0) is 42.7 Å². The van der Waals surface area contributed by atoms with Gasteiger partial charge in [-0.3, -0.25) is 10.1 Å². The molecule has 0 aliphatic carbocycles. The second-order valence-corrected chi connectivity index (χ2v) is 4.59. The van der Waals surface area contributed by atoms with Crippen LogP contribution >= 0.6 is 0 Å². The molecule has 2 aromatic carbocycles. The fourth-order valence-electron chi connectivity index (χ4n) is 1.90. The van der Waals surface area contributed by atoms with Gasteiger partial charge in [0.15, 0.2) is 0 Å². The predicted molar refractivity (Wildman–Crippen MR) is 75.0 cm³/mol. The molecule has 0 heterocycles. The standard InChI is InChI=1S/C15H15NO4/c1-10-3-5-15(13(7-10)16(18)19)20-14-6-4-12(9-17)8-11(14)2/h3-8,17H,9H2,1-2H3. The van der Waals surface area contributed by atoms with Crippen molar-refractivity contribution in [3.8, 4) is 11.5 Å². The van der Waals surface area contributed by atoms with Gasteiger partial charge in [0.1, 0.15) is 5.75 Å². The highest BCUT2D eigenvalue weighted by Gasteiger charge is 2.16. The van der Waals surface area contributed by atoms with Gasteiger partial charge in [0.25, 0.3) is 0 Å². The third-order valence-electron chi connectivity index (χ3n) is 2.95. The zero-order valence-electron chi connectivity index (χ0n) is 11.3. The fourth-order valence-corrected chi connectivity index (χ4v) is 1.90. The first-order valence-corrected chi connectivity index (χ1v) is 6.14. The number of benzene rings is 2. The van der Waals surface area contributed by atoms with Crippen LogP contribution in [0.2, 0.25) is 0 Å². The predicted octanol–water partition coefficient (Wildman–Crippen LogP) is 3.50. The molecule has 0 radical (unpaired) electrons. The van der Waals surface area contributed by atoms with Crippen LogP contribution < -0.4 is 4.74 Å². The molecule has 0 bridgehead atoms. The van der Waals surface area contributed by atoms with Crippen LogP contribution in [0.3, 0.4) is 0 Å². The van der Waals surface area contributed by atoms with Gasteiger partial charge in [-0.15, -0.1) is 0 Å². The summed E-state index contributed by atoms with van der Waals surface area (Å²) < 4.78 is 5.63. The van der Waals surface area contributed by atoms with Crippen LogP contribution in [-0.2, 0) is 6.61 Å². The summed E-state index contributed by atoms with van der Waals surface area (Å²) in [4.78, 5) is 10.6. The monoisotopic (exact) mass is 273 g/mol. The van der Waals surface area contributed by atoms with Gasteiger partial charge in [-0.2, -0.15) is 0 Å². The molecule has 1 N–H and O–H groups in total. The molecule has 20 heavy (non-hydrogen) atoms. The van der Waals surface area contributed by atoms with Crippen LogP contribution in [0.1, 0.15) is 16.7 Å². The lowest BCUT2D eigenvalue weighted by atomic mass is 10.1. The van der Waals surface area contributed by atoms with E-state index in [1.807, 2.05) is 6.92 Å². The Balaban J connectivity index is 2.37. The summed E-state index contributed by atoms with van der Waals surface area (Å²) >= 11 is 0. The van der Waals surface area contributed by atoms with Crippen molar-refractivity contribution in [2.75, 3.05) is 0 Å². The number of aliphatic hydroxyl groups is 1. The Bertz CT molecular complexity index is 652. The van der Waals surface area contributed by atoms with E-state index in [1.54, 1.807) is 37.3 Å². The molecule has 0 amide bonds. The number of nitro groups is 1. The van der Waals surface area contributed by atoms with Gasteiger partial charge in [-0.25, -0.2) is 0 Å². The number of nitro benzene ring substituents is 1. The Hall–Kier alpha value is -2.40. The van der Waals surface area contributed by atoms with Crippen molar-refractivity contribution < 1.29 is 14.8 Å². The quantitative estimate of drug-likeness (QED) is 0.683. The molecule has 0 fully saturated rings. The Morgan fingerprint density at radius 3 is 2.45 bits per heavy atom. The van der Waals surface area contributed by atoms with Gasteiger partial charge < -0.3 is 9.84 Å². The average molecular weight is 273 g/mol. The number of rotatable bonds is 4. The van der Waals surface area contributed by atoms with E-state index in [2.05, 4.69) is 0 Å². The molecule has 0 spiro atoms. The van der Waals surface area contributed by atoms with Crippen molar-refractivity contribution in [1.82, 2.24) is 0 Å². The van der Waals surface area contributed by atoms with Crippen LogP contribution in [0, 0.1) is 24.0 Å². The largest absolute Gasteiger partial charge is 0.450 e. The number of hydrogen-bond acceptors (Lipinski definition) is 4. The smallest absolute Gasteiger partial charge is 0.311 e. The first-order valence-electron chi connectivity index (χ1n) is 6.14. The molecule has 0 aliphatic heterocycles.